The second-order valence-electron chi connectivity index (χ2n) is 4.50. The smallest absolute Gasteiger partial charge is 0.211 e. The van der Waals surface area contributed by atoms with E-state index in [1.807, 2.05) is 0 Å². The van der Waals surface area contributed by atoms with Crippen LogP contribution in [0, 0.1) is 0 Å². The van der Waals surface area contributed by atoms with Gasteiger partial charge in [0.25, 0.3) is 0 Å². The number of halogens is 2. The molecule has 0 atom stereocenters. The highest BCUT2D eigenvalue weighted by molar-refractivity contribution is 6.43. The predicted octanol–water partition coefficient (Wildman–Crippen LogP) is 3.39. The zero-order valence-electron chi connectivity index (χ0n) is 11.9. The third-order valence-corrected chi connectivity index (χ3v) is 3.69. The van der Waals surface area contributed by atoms with Crippen LogP contribution in [0.2, 0.25) is 10.0 Å². The summed E-state index contributed by atoms with van der Waals surface area (Å²) in [6.45, 7) is 0. The quantitative estimate of drug-likeness (QED) is 0.448. The Morgan fingerprint density at radius 1 is 1.00 bits per heavy atom. The number of phenols is 1. The number of allylic oxidation sites excluding steroid dienone is 1. The maximum absolute atomic E-state index is 9.97. The molecule has 0 unspecified atom stereocenters. The van der Waals surface area contributed by atoms with Gasteiger partial charge in [0.05, 0.1) is 15.8 Å². The van der Waals surface area contributed by atoms with Crippen LogP contribution in [0.4, 0.5) is 0 Å². The van der Waals surface area contributed by atoms with Crippen LogP contribution >= 0.6 is 23.2 Å². The Morgan fingerprint density at radius 2 is 1.74 bits per heavy atom. The molecular weight excluding hydrogens is 335 g/mol. The standard InChI is InChI=1S/C16H14Cl2N4O/c17-12-6-3-4-10(15(12)18)8-9-13(21-22-16(19)20)11-5-1-2-7-14(11)23/h1-9,23H,(H4,19,20,22)/b9-8+,21-13+. The molecule has 5 N–H and O–H groups in total. The fourth-order valence-corrected chi connectivity index (χ4v) is 2.17. The van der Waals surface area contributed by atoms with Crippen LogP contribution in [0.5, 0.6) is 5.75 Å². The number of hydrogen-bond acceptors (Lipinski definition) is 3. The van der Waals surface area contributed by atoms with Gasteiger partial charge in [-0.15, -0.1) is 10.2 Å². The number of nitrogens with zero attached hydrogens (tertiary/aromatic N) is 2. The highest BCUT2D eigenvalue weighted by Crippen LogP contribution is 2.27. The van der Waals surface area contributed by atoms with Gasteiger partial charge in [-0.05, 0) is 29.8 Å². The second-order valence-corrected chi connectivity index (χ2v) is 5.29. The summed E-state index contributed by atoms with van der Waals surface area (Å²) in [7, 11) is 0. The number of nitrogens with two attached hydrogens (primary N) is 2. The van der Waals surface area contributed by atoms with Gasteiger partial charge in [0, 0.05) is 5.56 Å². The normalized spacial score (nSPS) is 11.7. The molecule has 0 spiro atoms. The van der Waals surface area contributed by atoms with Crippen LogP contribution in [0.1, 0.15) is 11.1 Å². The third kappa shape index (κ3) is 4.48. The minimum absolute atomic E-state index is 0.0545. The highest BCUT2D eigenvalue weighted by atomic mass is 35.5. The van der Waals surface area contributed by atoms with E-state index in [4.69, 9.17) is 34.7 Å². The lowest BCUT2D eigenvalue weighted by Gasteiger charge is -2.04. The van der Waals surface area contributed by atoms with E-state index in [1.54, 1.807) is 54.6 Å². The summed E-state index contributed by atoms with van der Waals surface area (Å²) < 4.78 is 0. The van der Waals surface area contributed by atoms with Crippen LogP contribution in [0.3, 0.4) is 0 Å². The Kier molecular flexibility index (Phi) is 5.62. The van der Waals surface area contributed by atoms with E-state index in [9.17, 15) is 5.11 Å². The second kappa shape index (κ2) is 7.67. The molecule has 0 saturated heterocycles. The molecule has 0 aliphatic heterocycles. The van der Waals surface area contributed by atoms with Crippen molar-refractivity contribution in [3.05, 3.63) is 69.7 Å². The molecule has 0 heterocycles. The van der Waals surface area contributed by atoms with Crippen LogP contribution in [-0.4, -0.2) is 16.8 Å². The number of hydrogen-bond donors (Lipinski definition) is 3. The molecule has 118 valence electrons. The average Bonchev–Trinajstić information content (AvgIpc) is 2.52. The molecule has 0 aliphatic carbocycles. The number of aromatic hydroxyl groups is 1. The van der Waals surface area contributed by atoms with Crippen molar-refractivity contribution < 1.29 is 5.11 Å². The molecule has 0 aromatic heterocycles. The Bertz CT molecular complexity index is 796. The Hall–Kier alpha value is -2.50. The monoisotopic (exact) mass is 348 g/mol. The maximum atomic E-state index is 9.97. The molecule has 0 saturated carbocycles. The van der Waals surface area contributed by atoms with Crippen molar-refractivity contribution in [2.75, 3.05) is 0 Å². The summed E-state index contributed by atoms with van der Waals surface area (Å²) in [6.07, 6.45) is 3.35. The average molecular weight is 349 g/mol. The lowest BCUT2D eigenvalue weighted by atomic mass is 10.1. The van der Waals surface area contributed by atoms with Gasteiger partial charge in [0.2, 0.25) is 5.96 Å². The minimum Gasteiger partial charge on any atom is -0.507 e. The van der Waals surface area contributed by atoms with Gasteiger partial charge in [-0.1, -0.05) is 53.5 Å². The zero-order chi connectivity index (χ0) is 16.8. The molecule has 5 nitrogen and oxygen atoms in total. The Morgan fingerprint density at radius 3 is 2.43 bits per heavy atom. The van der Waals surface area contributed by atoms with Crippen molar-refractivity contribution in [1.82, 2.24) is 0 Å². The fourth-order valence-electron chi connectivity index (χ4n) is 1.80. The molecule has 2 aromatic rings. The Balaban J connectivity index is 2.45. The lowest BCUT2D eigenvalue weighted by Crippen LogP contribution is -2.22. The summed E-state index contributed by atoms with van der Waals surface area (Å²) in [5.41, 5.74) is 12.2. The van der Waals surface area contributed by atoms with Gasteiger partial charge in [-0.2, -0.15) is 0 Å². The maximum Gasteiger partial charge on any atom is 0.211 e. The van der Waals surface area contributed by atoms with Gasteiger partial charge in [0.1, 0.15) is 5.75 Å². The van der Waals surface area contributed by atoms with E-state index < -0.39 is 0 Å². The van der Waals surface area contributed by atoms with E-state index in [1.165, 1.54) is 0 Å². The summed E-state index contributed by atoms with van der Waals surface area (Å²) in [5.74, 6) is -0.133. The Labute approximate surface area is 143 Å². The van der Waals surface area contributed by atoms with Crippen LogP contribution in [0.15, 0.2) is 58.7 Å². The number of guanidine groups is 1. The molecule has 7 heteroatoms. The summed E-state index contributed by atoms with van der Waals surface area (Å²) in [4.78, 5) is 0. The highest BCUT2D eigenvalue weighted by Gasteiger charge is 2.07. The van der Waals surface area contributed by atoms with Crippen molar-refractivity contribution in [2.45, 2.75) is 0 Å². The summed E-state index contributed by atoms with van der Waals surface area (Å²) >= 11 is 12.1. The van der Waals surface area contributed by atoms with E-state index >= 15 is 0 Å². The molecule has 0 radical (unpaired) electrons. The summed E-state index contributed by atoms with van der Waals surface area (Å²) in [5, 5.41) is 18.4. The van der Waals surface area contributed by atoms with Gasteiger partial charge in [-0.25, -0.2) is 0 Å². The van der Waals surface area contributed by atoms with E-state index in [0.717, 1.165) is 0 Å². The number of phenolic OH excluding ortho intramolecular Hbond substituents is 1. The van der Waals surface area contributed by atoms with Crippen molar-refractivity contribution in [2.24, 2.45) is 21.7 Å². The van der Waals surface area contributed by atoms with Crippen molar-refractivity contribution in [3.8, 4) is 5.75 Å². The molecular formula is C16H14Cl2N4O. The molecule has 0 fully saturated rings. The molecule has 2 rings (SSSR count). The van der Waals surface area contributed by atoms with E-state index in [0.29, 0.717) is 26.9 Å². The topological polar surface area (TPSA) is 97.0 Å². The molecule has 23 heavy (non-hydrogen) atoms. The van der Waals surface area contributed by atoms with Crippen molar-refractivity contribution in [1.29, 1.82) is 0 Å². The van der Waals surface area contributed by atoms with Gasteiger partial charge in [0.15, 0.2) is 0 Å². The van der Waals surface area contributed by atoms with E-state index in [2.05, 4.69) is 10.2 Å². The van der Waals surface area contributed by atoms with Crippen molar-refractivity contribution in [3.63, 3.8) is 0 Å². The lowest BCUT2D eigenvalue weighted by molar-refractivity contribution is 0.474. The van der Waals surface area contributed by atoms with E-state index in [-0.39, 0.29) is 11.7 Å². The minimum atomic E-state index is -0.188. The number of para-hydroxylation sites is 1. The van der Waals surface area contributed by atoms with Gasteiger partial charge in [-0.3, -0.25) is 0 Å². The fraction of sp³-hybridized carbons (Fsp3) is 0. The first-order valence-corrected chi connectivity index (χ1v) is 7.31. The van der Waals surface area contributed by atoms with Crippen molar-refractivity contribution >= 4 is 40.9 Å². The molecule has 0 bridgehead atoms. The zero-order valence-corrected chi connectivity index (χ0v) is 13.5. The SMILES string of the molecule is NC(N)=N/N=C(\C=C\c1cccc(Cl)c1Cl)c1ccccc1O. The summed E-state index contributed by atoms with van der Waals surface area (Å²) in [6, 6.07) is 12.0. The molecule has 2 aromatic carbocycles. The first-order valence-electron chi connectivity index (χ1n) is 6.56. The van der Waals surface area contributed by atoms with Crippen LogP contribution in [-0.2, 0) is 0 Å². The first-order chi connectivity index (χ1) is 11.0. The molecule has 0 aliphatic rings. The predicted molar refractivity (Wildman–Crippen MR) is 95.9 cm³/mol. The van der Waals surface area contributed by atoms with Gasteiger partial charge >= 0.3 is 0 Å². The first kappa shape index (κ1) is 16.9. The number of rotatable bonds is 4. The van der Waals surface area contributed by atoms with Gasteiger partial charge < -0.3 is 16.6 Å². The van der Waals surface area contributed by atoms with Crippen LogP contribution < -0.4 is 11.5 Å². The number of benzene rings is 2. The van der Waals surface area contributed by atoms with Crippen LogP contribution in [0.25, 0.3) is 6.08 Å². The largest absolute Gasteiger partial charge is 0.507 e. The molecule has 0 amide bonds. The third-order valence-electron chi connectivity index (χ3n) is 2.86.